The van der Waals surface area contributed by atoms with E-state index in [0.29, 0.717) is 49.4 Å². The van der Waals surface area contributed by atoms with Crippen LogP contribution in [0.15, 0.2) is 24.3 Å². The molecule has 3 atom stereocenters. The Morgan fingerprint density at radius 2 is 1.96 bits per heavy atom. The van der Waals surface area contributed by atoms with Crippen LogP contribution in [0.4, 0.5) is 4.79 Å². The summed E-state index contributed by atoms with van der Waals surface area (Å²) in [6.45, 7) is 3.55. The zero-order valence-electron chi connectivity index (χ0n) is 15.3. The molecule has 0 saturated carbocycles. The minimum absolute atomic E-state index is 0.0757. The molecule has 0 radical (unpaired) electrons. The maximum Gasteiger partial charge on any atom is 0.320 e. The van der Waals surface area contributed by atoms with Crippen LogP contribution in [0.5, 0.6) is 5.75 Å². The highest BCUT2D eigenvalue weighted by Crippen LogP contribution is 2.29. The monoisotopic (exact) mass is 392 g/mol. The summed E-state index contributed by atoms with van der Waals surface area (Å²) in [6, 6.07) is 7.52. The smallest absolute Gasteiger partial charge is 0.320 e. The number of ketones is 1. The Kier molecular flexibility index (Phi) is 5.55. The number of urea groups is 1. The Hall–Kier alpha value is -1.79. The number of amides is 2. The number of rotatable bonds is 3. The van der Waals surface area contributed by atoms with E-state index in [-0.39, 0.29) is 30.4 Å². The second-order valence-corrected chi connectivity index (χ2v) is 8.12. The number of para-hydroxylation sites is 1. The Morgan fingerprint density at radius 1 is 1.19 bits per heavy atom. The van der Waals surface area contributed by atoms with Gasteiger partial charge in [-0.3, -0.25) is 4.79 Å². The molecule has 3 saturated heterocycles. The van der Waals surface area contributed by atoms with E-state index in [1.54, 1.807) is 0 Å². The van der Waals surface area contributed by atoms with Gasteiger partial charge < -0.3 is 19.3 Å². The summed E-state index contributed by atoms with van der Waals surface area (Å²) in [7, 11) is 0. The van der Waals surface area contributed by atoms with Crippen LogP contribution in [0.2, 0.25) is 5.02 Å². The number of hydrogen-bond acceptors (Lipinski definition) is 4. The fraction of sp³-hybridized carbons (Fsp3) is 0.600. The number of Topliss-reactive ketones (excluding diaryl/α,β-unsaturated/α-hetero) is 1. The predicted molar refractivity (Wildman–Crippen MR) is 101 cm³/mol. The van der Waals surface area contributed by atoms with Gasteiger partial charge in [0.25, 0.3) is 0 Å². The van der Waals surface area contributed by atoms with Crippen molar-refractivity contribution in [1.29, 1.82) is 0 Å². The fourth-order valence-electron chi connectivity index (χ4n) is 4.26. The molecule has 1 aromatic carbocycles. The SMILES string of the molecule is O=C1CO[C@H]2CCN(C(=O)N3CCC(COc4ccccc4Cl)C3)C[C@H]2C1. The van der Waals surface area contributed by atoms with Gasteiger partial charge in [0.1, 0.15) is 12.4 Å². The second-order valence-electron chi connectivity index (χ2n) is 7.71. The molecule has 1 unspecified atom stereocenters. The van der Waals surface area contributed by atoms with Gasteiger partial charge in [-0.2, -0.15) is 0 Å². The van der Waals surface area contributed by atoms with Crippen molar-refractivity contribution in [3.05, 3.63) is 29.3 Å². The Labute approximate surface area is 164 Å². The van der Waals surface area contributed by atoms with Crippen LogP contribution < -0.4 is 4.74 Å². The van der Waals surface area contributed by atoms with Crippen molar-refractivity contribution in [2.24, 2.45) is 11.8 Å². The number of ether oxygens (including phenoxy) is 2. The number of carbonyl (C=O) groups excluding carboxylic acids is 2. The van der Waals surface area contributed by atoms with Gasteiger partial charge in [-0.1, -0.05) is 23.7 Å². The largest absolute Gasteiger partial charge is 0.492 e. The van der Waals surface area contributed by atoms with Crippen LogP contribution in [-0.4, -0.2) is 67.1 Å². The minimum atomic E-state index is 0.0757. The van der Waals surface area contributed by atoms with Gasteiger partial charge in [-0.05, 0) is 25.0 Å². The molecule has 0 aromatic heterocycles. The Balaban J connectivity index is 1.28. The summed E-state index contributed by atoms with van der Waals surface area (Å²) in [6.07, 6.45) is 2.40. The summed E-state index contributed by atoms with van der Waals surface area (Å²) in [5.41, 5.74) is 0. The number of nitrogens with zero attached hydrogens (tertiary/aromatic N) is 2. The Bertz CT molecular complexity index is 713. The first-order chi connectivity index (χ1) is 13.1. The average Bonchev–Trinajstić information content (AvgIpc) is 3.15. The van der Waals surface area contributed by atoms with Crippen molar-refractivity contribution >= 4 is 23.4 Å². The molecule has 1 aromatic rings. The molecule has 4 rings (SSSR count). The molecule has 0 aliphatic carbocycles. The van der Waals surface area contributed by atoms with E-state index in [0.717, 1.165) is 19.4 Å². The van der Waals surface area contributed by atoms with Crippen LogP contribution in [0.3, 0.4) is 0 Å². The number of likely N-dealkylation sites (tertiary alicyclic amines) is 2. The summed E-state index contributed by atoms with van der Waals surface area (Å²) in [5.74, 6) is 1.28. The zero-order chi connectivity index (χ0) is 18.8. The lowest BCUT2D eigenvalue weighted by molar-refractivity contribution is -0.139. The van der Waals surface area contributed by atoms with Crippen molar-refractivity contribution < 1.29 is 19.1 Å². The number of hydrogen-bond donors (Lipinski definition) is 0. The third-order valence-electron chi connectivity index (χ3n) is 5.75. The Morgan fingerprint density at radius 3 is 2.81 bits per heavy atom. The van der Waals surface area contributed by atoms with Gasteiger partial charge in [-0.25, -0.2) is 4.79 Å². The van der Waals surface area contributed by atoms with Gasteiger partial charge in [-0.15, -0.1) is 0 Å². The first-order valence-electron chi connectivity index (χ1n) is 9.64. The number of benzene rings is 1. The zero-order valence-corrected chi connectivity index (χ0v) is 16.1. The van der Waals surface area contributed by atoms with Crippen LogP contribution in [0.1, 0.15) is 19.3 Å². The highest BCUT2D eigenvalue weighted by Gasteiger charge is 2.38. The quantitative estimate of drug-likeness (QED) is 0.793. The van der Waals surface area contributed by atoms with Gasteiger partial charge >= 0.3 is 6.03 Å². The van der Waals surface area contributed by atoms with Crippen LogP contribution in [-0.2, 0) is 9.53 Å². The van der Waals surface area contributed by atoms with Crippen LogP contribution in [0, 0.1) is 11.8 Å². The van der Waals surface area contributed by atoms with E-state index >= 15 is 0 Å². The highest BCUT2D eigenvalue weighted by atomic mass is 35.5. The lowest BCUT2D eigenvalue weighted by atomic mass is 9.88. The maximum atomic E-state index is 12.9. The lowest BCUT2D eigenvalue weighted by Gasteiger charge is -2.41. The summed E-state index contributed by atoms with van der Waals surface area (Å²) in [5, 5.41) is 0.607. The third-order valence-corrected chi connectivity index (χ3v) is 6.06. The molecule has 0 N–H and O–H groups in total. The van der Waals surface area contributed by atoms with Gasteiger partial charge in [0, 0.05) is 44.4 Å². The molecule has 7 heteroatoms. The molecule has 0 spiro atoms. The lowest BCUT2D eigenvalue weighted by Crippen LogP contribution is -2.53. The normalized spacial score (nSPS) is 28.2. The van der Waals surface area contributed by atoms with Gasteiger partial charge in [0.15, 0.2) is 5.78 Å². The van der Waals surface area contributed by atoms with E-state index in [4.69, 9.17) is 21.1 Å². The molecule has 27 heavy (non-hydrogen) atoms. The molecule has 3 fully saturated rings. The van der Waals surface area contributed by atoms with Crippen molar-refractivity contribution in [1.82, 2.24) is 9.80 Å². The second kappa shape index (κ2) is 8.07. The minimum Gasteiger partial charge on any atom is -0.492 e. The molecule has 3 aliphatic heterocycles. The molecule has 3 aliphatic rings. The van der Waals surface area contributed by atoms with Gasteiger partial charge in [0.2, 0.25) is 0 Å². The highest BCUT2D eigenvalue weighted by molar-refractivity contribution is 6.32. The third kappa shape index (κ3) is 4.22. The maximum absolute atomic E-state index is 12.9. The number of piperidine rings is 1. The molecule has 146 valence electrons. The van der Waals surface area contributed by atoms with Crippen molar-refractivity contribution in [2.45, 2.75) is 25.4 Å². The molecule has 3 heterocycles. The molecule has 0 bridgehead atoms. The van der Waals surface area contributed by atoms with E-state index in [2.05, 4.69) is 0 Å². The van der Waals surface area contributed by atoms with E-state index in [9.17, 15) is 9.59 Å². The van der Waals surface area contributed by atoms with E-state index in [1.807, 2.05) is 34.1 Å². The topological polar surface area (TPSA) is 59.1 Å². The summed E-state index contributed by atoms with van der Waals surface area (Å²) in [4.78, 5) is 28.3. The van der Waals surface area contributed by atoms with E-state index in [1.165, 1.54) is 0 Å². The van der Waals surface area contributed by atoms with Crippen LogP contribution >= 0.6 is 11.6 Å². The van der Waals surface area contributed by atoms with Crippen molar-refractivity contribution in [2.75, 3.05) is 39.4 Å². The van der Waals surface area contributed by atoms with Crippen molar-refractivity contribution in [3.8, 4) is 5.75 Å². The predicted octanol–water partition coefficient (Wildman–Crippen LogP) is 2.84. The number of halogens is 1. The fourth-order valence-corrected chi connectivity index (χ4v) is 4.45. The van der Waals surface area contributed by atoms with Crippen molar-refractivity contribution in [3.63, 3.8) is 0 Å². The molecular formula is C20H25ClN2O4. The average molecular weight is 393 g/mol. The van der Waals surface area contributed by atoms with Crippen LogP contribution in [0.25, 0.3) is 0 Å². The van der Waals surface area contributed by atoms with Gasteiger partial charge in [0.05, 0.1) is 17.7 Å². The first-order valence-corrected chi connectivity index (χ1v) is 10.0. The first kappa shape index (κ1) is 18.6. The number of fused-ring (bicyclic) bond motifs is 1. The standard InChI is InChI=1S/C20H25ClN2O4/c21-17-3-1-2-4-19(17)26-12-14-5-7-22(10-14)20(25)23-8-6-18-15(11-23)9-16(24)13-27-18/h1-4,14-15,18H,5-13H2/t14?,15-,18+/m1/s1. The number of carbonyl (C=O) groups is 2. The van der Waals surface area contributed by atoms with E-state index < -0.39 is 0 Å². The molecule has 2 amide bonds. The summed E-state index contributed by atoms with van der Waals surface area (Å²) < 4.78 is 11.5. The molecular weight excluding hydrogens is 368 g/mol. The summed E-state index contributed by atoms with van der Waals surface area (Å²) >= 11 is 6.13. The molecule has 6 nitrogen and oxygen atoms in total.